The van der Waals surface area contributed by atoms with Crippen LogP contribution in [-0.2, 0) is 4.79 Å². The molecule has 5 heteroatoms. The highest BCUT2D eigenvalue weighted by atomic mass is 16.4. The molecule has 1 aliphatic rings. The molecule has 0 aliphatic carbocycles. The molecule has 1 rings (SSSR count). The van der Waals surface area contributed by atoms with Gasteiger partial charge in [-0.2, -0.15) is 0 Å². The van der Waals surface area contributed by atoms with E-state index < -0.39 is 11.9 Å². The fourth-order valence-corrected chi connectivity index (χ4v) is 2.20. The molecule has 0 saturated carbocycles. The maximum Gasteiger partial charge on any atom is 0.317 e. The summed E-state index contributed by atoms with van der Waals surface area (Å²) in [6.45, 7) is 9.65. The number of carbonyl (C=O) groups is 2. The topological polar surface area (TPSA) is 69.6 Å². The fraction of sp³-hybridized carbons (Fsp3) is 0.846. The Labute approximate surface area is 109 Å². The van der Waals surface area contributed by atoms with Gasteiger partial charge in [0, 0.05) is 19.6 Å². The second-order valence-corrected chi connectivity index (χ2v) is 6.21. The summed E-state index contributed by atoms with van der Waals surface area (Å²) in [4.78, 5) is 24.7. The SMILES string of the molecule is CC(C)C(CNC(=O)N1CCC(C)(C)C1)C(=O)O. The largest absolute Gasteiger partial charge is 0.481 e. The van der Waals surface area contributed by atoms with Crippen LogP contribution in [0.4, 0.5) is 4.79 Å². The van der Waals surface area contributed by atoms with Gasteiger partial charge < -0.3 is 15.3 Å². The van der Waals surface area contributed by atoms with Gasteiger partial charge in [-0.1, -0.05) is 27.7 Å². The third-order valence-electron chi connectivity index (χ3n) is 3.56. The van der Waals surface area contributed by atoms with Crippen molar-refractivity contribution in [2.24, 2.45) is 17.3 Å². The molecule has 5 nitrogen and oxygen atoms in total. The van der Waals surface area contributed by atoms with Crippen molar-refractivity contribution in [2.75, 3.05) is 19.6 Å². The highest BCUT2D eigenvalue weighted by Crippen LogP contribution is 2.28. The zero-order valence-corrected chi connectivity index (χ0v) is 11.7. The Morgan fingerprint density at radius 2 is 2.00 bits per heavy atom. The van der Waals surface area contributed by atoms with E-state index in [1.54, 1.807) is 4.90 Å². The first-order valence-corrected chi connectivity index (χ1v) is 6.48. The minimum absolute atomic E-state index is 0.0119. The van der Waals surface area contributed by atoms with E-state index in [4.69, 9.17) is 5.11 Å². The Kier molecular flexibility index (Phi) is 4.59. The Morgan fingerprint density at radius 3 is 2.39 bits per heavy atom. The molecule has 1 aliphatic heterocycles. The zero-order valence-electron chi connectivity index (χ0n) is 11.7. The molecule has 18 heavy (non-hydrogen) atoms. The predicted octanol–water partition coefficient (Wildman–Crippen LogP) is 1.78. The van der Waals surface area contributed by atoms with Gasteiger partial charge in [0.25, 0.3) is 0 Å². The average Bonchev–Trinajstić information content (AvgIpc) is 2.57. The number of likely N-dealkylation sites (tertiary alicyclic amines) is 1. The fourth-order valence-electron chi connectivity index (χ4n) is 2.20. The highest BCUT2D eigenvalue weighted by Gasteiger charge is 2.32. The predicted molar refractivity (Wildman–Crippen MR) is 69.3 cm³/mol. The van der Waals surface area contributed by atoms with Crippen LogP contribution in [0.2, 0.25) is 0 Å². The molecule has 1 unspecified atom stereocenters. The molecule has 1 fully saturated rings. The number of amides is 2. The lowest BCUT2D eigenvalue weighted by atomic mass is 9.93. The van der Waals surface area contributed by atoms with Crippen LogP contribution in [-0.4, -0.2) is 41.6 Å². The summed E-state index contributed by atoms with van der Waals surface area (Å²) >= 11 is 0. The van der Waals surface area contributed by atoms with Crippen molar-refractivity contribution in [3.05, 3.63) is 0 Å². The van der Waals surface area contributed by atoms with Gasteiger partial charge in [-0.15, -0.1) is 0 Å². The molecule has 1 heterocycles. The van der Waals surface area contributed by atoms with Crippen LogP contribution in [0.15, 0.2) is 0 Å². The van der Waals surface area contributed by atoms with Gasteiger partial charge >= 0.3 is 12.0 Å². The van der Waals surface area contributed by atoms with Crippen LogP contribution in [0.1, 0.15) is 34.1 Å². The maximum absolute atomic E-state index is 11.9. The maximum atomic E-state index is 11.9. The van der Waals surface area contributed by atoms with Crippen LogP contribution in [0.25, 0.3) is 0 Å². The molecule has 2 N–H and O–H groups in total. The Morgan fingerprint density at radius 1 is 1.39 bits per heavy atom. The lowest BCUT2D eigenvalue weighted by Gasteiger charge is -2.22. The standard InChI is InChI=1S/C13H24N2O3/c1-9(2)10(11(16)17)7-14-12(18)15-6-5-13(3,4)8-15/h9-10H,5-8H2,1-4H3,(H,14,18)(H,16,17). The highest BCUT2D eigenvalue weighted by molar-refractivity contribution is 5.76. The van der Waals surface area contributed by atoms with Crippen molar-refractivity contribution in [3.63, 3.8) is 0 Å². The minimum atomic E-state index is -0.855. The number of carbonyl (C=O) groups excluding carboxylic acids is 1. The third kappa shape index (κ3) is 3.89. The van der Waals surface area contributed by atoms with Crippen LogP contribution < -0.4 is 5.32 Å². The molecule has 0 aromatic heterocycles. The Balaban J connectivity index is 2.44. The summed E-state index contributed by atoms with van der Waals surface area (Å²) in [5.41, 5.74) is 0.168. The monoisotopic (exact) mass is 256 g/mol. The van der Waals surface area contributed by atoms with Crippen molar-refractivity contribution in [2.45, 2.75) is 34.1 Å². The first-order chi connectivity index (χ1) is 8.23. The van der Waals surface area contributed by atoms with Crippen molar-refractivity contribution >= 4 is 12.0 Å². The Bertz CT molecular complexity index is 326. The van der Waals surface area contributed by atoms with Gasteiger partial charge in [-0.25, -0.2) is 4.79 Å². The molecule has 2 amide bonds. The summed E-state index contributed by atoms with van der Waals surface area (Å²) in [5, 5.41) is 11.8. The van der Waals surface area contributed by atoms with Gasteiger partial charge in [0.2, 0.25) is 0 Å². The van der Waals surface area contributed by atoms with Gasteiger partial charge in [0.05, 0.1) is 5.92 Å². The summed E-state index contributed by atoms with van der Waals surface area (Å²) < 4.78 is 0. The molecule has 0 aromatic carbocycles. The third-order valence-corrected chi connectivity index (χ3v) is 3.56. The molecule has 1 saturated heterocycles. The van der Waals surface area contributed by atoms with Crippen molar-refractivity contribution < 1.29 is 14.7 Å². The Hall–Kier alpha value is -1.26. The lowest BCUT2D eigenvalue weighted by Crippen LogP contribution is -2.43. The number of nitrogens with zero attached hydrogens (tertiary/aromatic N) is 1. The van der Waals surface area contributed by atoms with E-state index in [0.29, 0.717) is 0 Å². The zero-order chi connectivity index (χ0) is 13.9. The second-order valence-electron chi connectivity index (χ2n) is 6.21. The van der Waals surface area contributed by atoms with Gasteiger partial charge in [-0.3, -0.25) is 4.79 Å². The minimum Gasteiger partial charge on any atom is -0.481 e. The molecule has 0 bridgehead atoms. The lowest BCUT2D eigenvalue weighted by molar-refractivity contribution is -0.142. The summed E-state index contributed by atoms with van der Waals surface area (Å²) in [7, 11) is 0. The van der Waals surface area contributed by atoms with Gasteiger partial charge in [0.15, 0.2) is 0 Å². The summed E-state index contributed by atoms with van der Waals surface area (Å²) in [6, 6.07) is -0.146. The number of rotatable bonds is 4. The van der Waals surface area contributed by atoms with Gasteiger partial charge in [-0.05, 0) is 17.8 Å². The molecule has 0 aromatic rings. The molecule has 104 valence electrons. The van der Waals surface area contributed by atoms with E-state index >= 15 is 0 Å². The van der Waals surface area contributed by atoms with E-state index in [2.05, 4.69) is 19.2 Å². The van der Waals surface area contributed by atoms with E-state index in [-0.39, 0.29) is 23.9 Å². The van der Waals surface area contributed by atoms with Crippen LogP contribution >= 0.6 is 0 Å². The normalized spacial score (nSPS) is 19.9. The van der Waals surface area contributed by atoms with Crippen molar-refractivity contribution in [1.29, 1.82) is 0 Å². The van der Waals surface area contributed by atoms with Crippen LogP contribution in [0.3, 0.4) is 0 Å². The van der Waals surface area contributed by atoms with Crippen molar-refractivity contribution in [3.8, 4) is 0 Å². The summed E-state index contributed by atoms with van der Waals surface area (Å²) in [5.74, 6) is -1.37. The molecule has 0 spiro atoms. The van der Waals surface area contributed by atoms with Crippen LogP contribution in [0.5, 0.6) is 0 Å². The quantitative estimate of drug-likeness (QED) is 0.805. The number of aliphatic carboxylic acids is 1. The molecule has 0 radical (unpaired) electrons. The van der Waals surface area contributed by atoms with Crippen molar-refractivity contribution in [1.82, 2.24) is 10.2 Å². The number of urea groups is 1. The number of hydrogen-bond acceptors (Lipinski definition) is 2. The average molecular weight is 256 g/mol. The van der Waals surface area contributed by atoms with E-state index in [9.17, 15) is 9.59 Å². The number of nitrogens with one attached hydrogen (secondary N) is 1. The summed E-state index contributed by atoms with van der Waals surface area (Å²) in [6.07, 6.45) is 0.993. The number of carboxylic acids is 1. The first-order valence-electron chi connectivity index (χ1n) is 6.48. The van der Waals surface area contributed by atoms with Gasteiger partial charge in [0.1, 0.15) is 0 Å². The smallest absolute Gasteiger partial charge is 0.317 e. The second kappa shape index (κ2) is 5.59. The molecular weight excluding hydrogens is 232 g/mol. The van der Waals surface area contributed by atoms with Crippen LogP contribution in [0, 0.1) is 17.3 Å². The first kappa shape index (κ1) is 14.8. The molecule has 1 atom stereocenters. The van der Waals surface area contributed by atoms with E-state index in [1.807, 2.05) is 13.8 Å². The number of carboxylic acid groups (broad SMARTS) is 1. The van der Waals surface area contributed by atoms with E-state index in [1.165, 1.54) is 0 Å². The number of hydrogen-bond donors (Lipinski definition) is 2. The van der Waals surface area contributed by atoms with E-state index in [0.717, 1.165) is 19.5 Å². The molecular formula is C13H24N2O3.